The van der Waals surface area contributed by atoms with Gasteiger partial charge in [0.15, 0.2) is 0 Å². The lowest BCUT2D eigenvalue weighted by molar-refractivity contribution is -0.125. The maximum atomic E-state index is 11.7. The Morgan fingerprint density at radius 1 is 1.00 bits per heavy atom. The average molecular weight is 318 g/mol. The summed E-state index contributed by atoms with van der Waals surface area (Å²) in [5, 5.41) is 5.89. The molecule has 114 valence electrons. The summed E-state index contributed by atoms with van der Waals surface area (Å²) in [6, 6.07) is 12.5. The molecule has 0 bridgehead atoms. The van der Waals surface area contributed by atoms with E-state index in [1.54, 1.807) is 30.5 Å². The van der Waals surface area contributed by atoms with Gasteiger partial charge in [0.1, 0.15) is 0 Å². The molecule has 2 amide bonds. The number of carbonyl (C=O) groups excluding carboxylic acids is 2. The predicted octanol–water partition coefficient (Wildman–Crippen LogP) is 1.71. The van der Waals surface area contributed by atoms with Crippen LogP contribution in [0.3, 0.4) is 0 Å². The van der Waals surface area contributed by atoms with Gasteiger partial charge in [0, 0.05) is 11.2 Å². The van der Waals surface area contributed by atoms with Gasteiger partial charge in [-0.15, -0.1) is 0 Å². The van der Waals surface area contributed by atoms with Crippen LogP contribution >= 0.6 is 11.6 Å². The van der Waals surface area contributed by atoms with E-state index < -0.39 is 0 Å². The Hall–Kier alpha value is -2.40. The smallest absolute Gasteiger partial charge is 0.239 e. The molecule has 1 heterocycles. The van der Waals surface area contributed by atoms with Gasteiger partial charge in [-0.2, -0.15) is 0 Å². The average Bonchev–Trinajstić information content (AvgIpc) is 2.54. The largest absolute Gasteiger partial charge is 0.349 e. The molecule has 2 N–H and O–H groups in total. The summed E-state index contributed by atoms with van der Waals surface area (Å²) in [5.74, 6) is -0.467. The van der Waals surface area contributed by atoms with Crippen molar-refractivity contribution in [2.24, 2.45) is 0 Å². The second-order valence-electron chi connectivity index (χ2n) is 4.68. The third kappa shape index (κ3) is 5.54. The van der Waals surface area contributed by atoms with Gasteiger partial charge >= 0.3 is 0 Å². The number of benzene rings is 1. The molecular weight excluding hydrogens is 302 g/mol. The lowest BCUT2D eigenvalue weighted by Gasteiger charge is -2.07. The number of nitrogens with zero attached hydrogens (tertiary/aromatic N) is 1. The van der Waals surface area contributed by atoms with Gasteiger partial charge in [0.2, 0.25) is 11.8 Å². The molecule has 2 aromatic rings. The van der Waals surface area contributed by atoms with Crippen LogP contribution in [0.1, 0.15) is 11.3 Å². The van der Waals surface area contributed by atoms with Crippen LogP contribution in [0.25, 0.3) is 0 Å². The third-order valence-corrected chi connectivity index (χ3v) is 3.17. The van der Waals surface area contributed by atoms with Crippen molar-refractivity contribution >= 4 is 23.4 Å². The number of rotatable bonds is 6. The Morgan fingerprint density at radius 2 is 1.77 bits per heavy atom. The second kappa shape index (κ2) is 8.14. The zero-order valence-electron chi connectivity index (χ0n) is 11.9. The maximum Gasteiger partial charge on any atom is 0.239 e. The molecule has 5 nitrogen and oxygen atoms in total. The highest BCUT2D eigenvalue weighted by Gasteiger charge is 2.06. The zero-order chi connectivity index (χ0) is 15.8. The number of amides is 2. The van der Waals surface area contributed by atoms with Crippen LogP contribution in [0.5, 0.6) is 0 Å². The summed E-state index contributed by atoms with van der Waals surface area (Å²) in [6.07, 6.45) is 1.88. The van der Waals surface area contributed by atoms with E-state index in [1.807, 2.05) is 18.2 Å². The Labute approximate surface area is 133 Å². The first-order valence-electron chi connectivity index (χ1n) is 6.81. The number of halogens is 1. The molecule has 2 rings (SSSR count). The van der Waals surface area contributed by atoms with E-state index in [2.05, 4.69) is 15.6 Å². The standard InChI is InChI=1S/C16H16ClN3O2/c17-13-6-4-12(5-7-13)9-15(21)20-11-16(22)19-10-14-3-1-2-8-18-14/h1-8H,9-11H2,(H,19,22)(H,20,21). The fraction of sp³-hybridized carbons (Fsp3) is 0.188. The van der Waals surface area contributed by atoms with Crippen LogP contribution in [0.15, 0.2) is 48.7 Å². The van der Waals surface area contributed by atoms with Gasteiger partial charge in [-0.3, -0.25) is 14.6 Å². The van der Waals surface area contributed by atoms with Gasteiger partial charge < -0.3 is 10.6 Å². The number of nitrogens with one attached hydrogen (secondary N) is 2. The van der Waals surface area contributed by atoms with Gasteiger partial charge in [-0.05, 0) is 29.8 Å². The van der Waals surface area contributed by atoms with E-state index in [1.165, 1.54) is 0 Å². The van der Waals surface area contributed by atoms with Gasteiger partial charge in [0.05, 0.1) is 25.2 Å². The summed E-state index contributed by atoms with van der Waals surface area (Å²) < 4.78 is 0. The van der Waals surface area contributed by atoms with Crippen LogP contribution < -0.4 is 10.6 Å². The highest BCUT2D eigenvalue weighted by atomic mass is 35.5. The van der Waals surface area contributed by atoms with Gasteiger partial charge in [0.25, 0.3) is 0 Å². The Balaban J connectivity index is 1.69. The number of aromatic nitrogens is 1. The van der Waals surface area contributed by atoms with Crippen molar-refractivity contribution in [2.45, 2.75) is 13.0 Å². The first-order valence-corrected chi connectivity index (χ1v) is 7.19. The first kappa shape index (κ1) is 16.0. The third-order valence-electron chi connectivity index (χ3n) is 2.92. The molecule has 0 saturated carbocycles. The van der Waals surface area contributed by atoms with Crippen LogP contribution in [0.2, 0.25) is 5.02 Å². The predicted molar refractivity (Wildman–Crippen MR) is 84.2 cm³/mol. The number of carbonyl (C=O) groups is 2. The lowest BCUT2D eigenvalue weighted by atomic mass is 10.1. The molecule has 0 aliphatic carbocycles. The molecule has 0 aliphatic heterocycles. The fourth-order valence-corrected chi connectivity index (χ4v) is 1.91. The van der Waals surface area contributed by atoms with E-state index in [0.29, 0.717) is 11.6 Å². The SMILES string of the molecule is O=C(CNC(=O)Cc1ccc(Cl)cc1)NCc1ccccn1. The fourth-order valence-electron chi connectivity index (χ4n) is 1.78. The molecular formula is C16H16ClN3O2. The Morgan fingerprint density at radius 3 is 2.45 bits per heavy atom. The Kier molecular flexibility index (Phi) is 5.91. The minimum Gasteiger partial charge on any atom is -0.349 e. The van der Waals surface area contributed by atoms with Crippen LogP contribution in [-0.4, -0.2) is 23.3 Å². The van der Waals surface area contributed by atoms with Gasteiger partial charge in [-0.1, -0.05) is 29.8 Å². The van der Waals surface area contributed by atoms with Crippen molar-refractivity contribution in [2.75, 3.05) is 6.54 Å². The summed E-state index contributed by atoms with van der Waals surface area (Å²) in [5.41, 5.74) is 1.61. The molecule has 0 saturated heterocycles. The summed E-state index contributed by atoms with van der Waals surface area (Å²) >= 11 is 5.78. The molecule has 0 radical (unpaired) electrons. The quantitative estimate of drug-likeness (QED) is 0.852. The van der Waals surface area contributed by atoms with E-state index >= 15 is 0 Å². The van der Waals surface area contributed by atoms with Crippen molar-refractivity contribution in [3.63, 3.8) is 0 Å². The van der Waals surface area contributed by atoms with E-state index in [0.717, 1.165) is 11.3 Å². The molecule has 6 heteroatoms. The molecule has 22 heavy (non-hydrogen) atoms. The van der Waals surface area contributed by atoms with Crippen LogP contribution in [0, 0.1) is 0 Å². The monoisotopic (exact) mass is 317 g/mol. The molecule has 1 aromatic carbocycles. The lowest BCUT2D eigenvalue weighted by Crippen LogP contribution is -2.37. The summed E-state index contributed by atoms with van der Waals surface area (Å²) in [4.78, 5) is 27.5. The van der Waals surface area contributed by atoms with E-state index in [-0.39, 0.29) is 24.8 Å². The molecule has 0 spiro atoms. The minimum atomic E-state index is -0.255. The van der Waals surface area contributed by atoms with Crippen molar-refractivity contribution in [3.05, 3.63) is 64.9 Å². The minimum absolute atomic E-state index is 0.0563. The van der Waals surface area contributed by atoms with Crippen molar-refractivity contribution in [1.29, 1.82) is 0 Å². The van der Waals surface area contributed by atoms with Crippen LogP contribution in [-0.2, 0) is 22.6 Å². The number of hydrogen-bond donors (Lipinski definition) is 2. The van der Waals surface area contributed by atoms with Crippen molar-refractivity contribution < 1.29 is 9.59 Å². The number of hydrogen-bond acceptors (Lipinski definition) is 3. The molecule has 0 aliphatic rings. The second-order valence-corrected chi connectivity index (χ2v) is 5.11. The highest BCUT2D eigenvalue weighted by molar-refractivity contribution is 6.30. The van der Waals surface area contributed by atoms with Gasteiger partial charge in [-0.25, -0.2) is 0 Å². The maximum absolute atomic E-state index is 11.7. The highest BCUT2D eigenvalue weighted by Crippen LogP contribution is 2.09. The van der Waals surface area contributed by atoms with Crippen LogP contribution in [0.4, 0.5) is 0 Å². The van der Waals surface area contributed by atoms with Crippen molar-refractivity contribution in [3.8, 4) is 0 Å². The summed E-state index contributed by atoms with van der Waals surface area (Å²) in [7, 11) is 0. The zero-order valence-corrected chi connectivity index (χ0v) is 12.6. The number of pyridine rings is 1. The summed E-state index contributed by atoms with van der Waals surface area (Å²) in [6.45, 7) is 0.284. The molecule has 1 aromatic heterocycles. The van der Waals surface area contributed by atoms with Crippen molar-refractivity contribution in [1.82, 2.24) is 15.6 Å². The topological polar surface area (TPSA) is 71.1 Å². The molecule has 0 atom stereocenters. The first-order chi connectivity index (χ1) is 10.6. The van der Waals surface area contributed by atoms with E-state index in [9.17, 15) is 9.59 Å². The Bertz CT molecular complexity index is 630. The normalized spacial score (nSPS) is 10.0. The molecule has 0 unspecified atom stereocenters. The van der Waals surface area contributed by atoms with E-state index in [4.69, 9.17) is 11.6 Å². The molecule has 0 fully saturated rings.